The first-order valence-corrected chi connectivity index (χ1v) is 3.86. The van der Waals surface area contributed by atoms with Crippen molar-refractivity contribution in [3.8, 4) is 0 Å². The zero-order chi connectivity index (χ0) is 7.98. The van der Waals surface area contributed by atoms with Crippen LogP contribution in [0.25, 0.3) is 0 Å². The van der Waals surface area contributed by atoms with E-state index in [4.69, 9.17) is 0 Å². The van der Waals surface area contributed by atoms with Gasteiger partial charge in [0.15, 0.2) is 0 Å². The quantitative estimate of drug-likeness (QED) is 0.423. The van der Waals surface area contributed by atoms with Gasteiger partial charge in [-0.25, -0.2) is 0 Å². The standard InChI is InChI=1S/C4H6N2S4.Fe/c7-3(8)5-1-2-6-4(9)10;/h1-2H,(H2,5,7,8)(H2,6,9,10);/q;+2/p-2. The summed E-state index contributed by atoms with van der Waals surface area (Å²) in [6.07, 6.45) is 3.07. The molecule has 0 bridgehead atoms. The average molecular weight is 264 g/mol. The normalized spacial score (nSPS) is 8.36. The van der Waals surface area contributed by atoms with Crippen LogP contribution in [0.5, 0.6) is 0 Å². The number of hydrogen-bond donors (Lipinski definition) is 2. The third kappa shape index (κ3) is 13.5. The van der Waals surface area contributed by atoms with Crippen molar-refractivity contribution >= 4 is 58.3 Å². The van der Waals surface area contributed by atoms with Crippen molar-refractivity contribution in [1.29, 1.82) is 0 Å². The van der Waals surface area contributed by atoms with E-state index in [1.165, 1.54) is 12.4 Å². The predicted octanol–water partition coefficient (Wildman–Crippen LogP) is 0.298. The molecule has 0 aromatic heterocycles. The second-order valence-electron chi connectivity index (χ2n) is 1.20. The smallest absolute Gasteiger partial charge is 0.411 e. The molecule has 7 heteroatoms. The van der Waals surface area contributed by atoms with Crippen LogP contribution in [0.15, 0.2) is 12.4 Å². The van der Waals surface area contributed by atoms with Crippen LogP contribution in [0.1, 0.15) is 0 Å². The van der Waals surface area contributed by atoms with Crippen LogP contribution < -0.4 is 10.6 Å². The molecule has 0 radical (unpaired) electrons. The van der Waals surface area contributed by atoms with Crippen molar-refractivity contribution in [2.24, 2.45) is 0 Å². The van der Waals surface area contributed by atoms with Crippen molar-refractivity contribution in [2.45, 2.75) is 0 Å². The molecule has 0 saturated heterocycles. The summed E-state index contributed by atoms with van der Waals surface area (Å²) in [5, 5.41) is 5.20. The van der Waals surface area contributed by atoms with E-state index >= 15 is 0 Å². The summed E-state index contributed by atoms with van der Waals surface area (Å²) >= 11 is 18.2. The molecule has 11 heavy (non-hydrogen) atoms. The van der Waals surface area contributed by atoms with Crippen molar-refractivity contribution in [1.82, 2.24) is 10.6 Å². The minimum Gasteiger partial charge on any atom is -0.411 e. The predicted molar refractivity (Wildman–Crippen MR) is 55.3 cm³/mol. The Morgan fingerprint density at radius 1 is 1.00 bits per heavy atom. The molecular formula is C4H4FeN2S4. The number of thiocarbonyl (C=S) groups is 2. The van der Waals surface area contributed by atoms with Crippen molar-refractivity contribution in [2.75, 3.05) is 0 Å². The van der Waals surface area contributed by atoms with E-state index in [0.717, 1.165) is 0 Å². The number of rotatable bonds is 2. The first-order chi connectivity index (χ1) is 4.63. The fourth-order valence-corrected chi connectivity index (χ4v) is 0.492. The van der Waals surface area contributed by atoms with Gasteiger partial charge in [0.1, 0.15) is 0 Å². The summed E-state index contributed by atoms with van der Waals surface area (Å²) in [5.41, 5.74) is 0. The van der Waals surface area contributed by atoms with E-state index < -0.39 is 0 Å². The summed E-state index contributed by atoms with van der Waals surface area (Å²) in [7, 11) is 0. The van der Waals surface area contributed by atoms with Gasteiger partial charge >= 0.3 is 17.1 Å². The Bertz CT molecular complexity index is 151. The van der Waals surface area contributed by atoms with Crippen LogP contribution in [0.4, 0.5) is 0 Å². The topological polar surface area (TPSA) is 24.1 Å². The molecule has 62 valence electrons. The second-order valence-corrected chi connectivity index (χ2v) is 3.35. The van der Waals surface area contributed by atoms with Gasteiger partial charge in [0.05, 0.1) is 0 Å². The van der Waals surface area contributed by atoms with Crippen LogP contribution in [-0.2, 0) is 42.3 Å². The molecule has 0 fully saturated rings. The maximum atomic E-state index is 4.54. The molecular weight excluding hydrogens is 260 g/mol. The number of nitrogens with one attached hydrogen (secondary N) is 2. The molecule has 0 aromatic rings. The molecule has 0 spiro atoms. The molecule has 0 aliphatic heterocycles. The van der Waals surface area contributed by atoms with E-state index in [0.29, 0.717) is 0 Å². The van der Waals surface area contributed by atoms with Crippen molar-refractivity contribution in [3.63, 3.8) is 0 Å². The maximum Gasteiger partial charge on any atom is 2.00 e. The fraction of sp³-hybridized carbons (Fsp3) is 0. The van der Waals surface area contributed by atoms with E-state index in [1.807, 2.05) is 0 Å². The monoisotopic (exact) mass is 264 g/mol. The Labute approximate surface area is 97.9 Å². The van der Waals surface area contributed by atoms with E-state index in [2.05, 4.69) is 60.3 Å². The molecule has 0 rings (SSSR count). The SMILES string of the molecule is S=C([S-])NC=CNC(=S)[S-].[Fe+2]. The molecule has 0 heterocycles. The van der Waals surface area contributed by atoms with Gasteiger partial charge in [0.2, 0.25) is 0 Å². The first kappa shape index (κ1) is 14.0. The van der Waals surface area contributed by atoms with Gasteiger partial charge in [-0.1, -0.05) is 8.64 Å². The fourth-order valence-electron chi connectivity index (χ4n) is 0.219. The Hall–Kier alpha value is 0.479. The minimum absolute atomic E-state index is 0. The van der Waals surface area contributed by atoms with Gasteiger partial charge in [-0.3, -0.25) is 0 Å². The second kappa shape index (κ2) is 8.57. The molecule has 2 N–H and O–H groups in total. The van der Waals surface area contributed by atoms with Crippen molar-refractivity contribution < 1.29 is 17.1 Å². The summed E-state index contributed by atoms with van der Waals surface area (Å²) < 4.78 is 0.571. The Balaban J connectivity index is 0. The van der Waals surface area contributed by atoms with Gasteiger partial charge in [0.25, 0.3) is 0 Å². The largest absolute Gasteiger partial charge is 2.00 e. The average Bonchev–Trinajstić information content (AvgIpc) is 1.79. The summed E-state index contributed by atoms with van der Waals surface area (Å²) in [5.74, 6) is 0. The van der Waals surface area contributed by atoms with Gasteiger partial charge in [0, 0.05) is 12.4 Å². The number of hydrogen-bond acceptors (Lipinski definition) is 4. The summed E-state index contributed by atoms with van der Waals surface area (Å²) in [6.45, 7) is 0. The van der Waals surface area contributed by atoms with Gasteiger partial charge in [-0.15, -0.1) is 0 Å². The zero-order valence-electron chi connectivity index (χ0n) is 5.14. The first-order valence-electron chi connectivity index (χ1n) is 2.23. The third-order valence-corrected chi connectivity index (χ3v) is 0.957. The van der Waals surface area contributed by atoms with Crippen LogP contribution >= 0.6 is 24.4 Å². The Morgan fingerprint density at radius 2 is 1.27 bits per heavy atom. The van der Waals surface area contributed by atoms with Crippen LogP contribution in [0.3, 0.4) is 0 Å². The third-order valence-electron chi connectivity index (χ3n) is 0.486. The molecule has 0 aromatic carbocycles. The summed E-state index contributed by atoms with van der Waals surface area (Å²) in [4.78, 5) is 0. The Kier molecular flexibility index (Phi) is 10.9. The van der Waals surface area contributed by atoms with Crippen LogP contribution in [-0.4, -0.2) is 8.64 Å². The zero-order valence-corrected chi connectivity index (χ0v) is 9.51. The molecule has 0 amide bonds. The molecule has 0 aliphatic carbocycles. The van der Waals surface area contributed by atoms with Crippen molar-refractivity contribution in [3.05, 3.63) is 12.4 Å². The molecule has 0 aliphatic rings. The van der Waals surface area contributed by atoms with E-state index in [-0.39, 0.29) is 25.7 Å². The summed E-state index contributed by atoms with van der Waals surface area (Å²) in [6, 6.07) is 0. The molecule has 0 unspecified atom stereocenters. The van der Waals surface area contributed by atoms with Crippen LogP contribution in [0.2, 0.25) is 0 Å². The van der Waals surface area contributed by atoms with Gasteiger partial charge < -0.3 is 60.3 Å². The minimum atomic E-state index is 0. The van der Waals surface area contributed by atoms with E-state index in [9.17, 15) is 0 Å². The van der Waals surface area contributed by atoms with E-state index in [1.54, 1.807) is 0 Å². The van der Waals surface area contributed by atoms with Crippen LogP contribution in [0, 0.1) is 0 Å². The molecule has 2 nitrogen and oxygen atoms in total. The molecule has 0 atom stereocenters. The maximum absolute atomic E-state index is 4.54. The molecule has 0 saturated carbocycles. The Morgan fingerprint density at radius 3 is 1.45 bits per heavy atom. The van der Waals surface area contributed by atoms with Gasteiger partial charge in [-0.05, 0) is 0 Å². The van der Waals surface area contributed by atoms with Gasteiger partial charge in [-0.2, -0.15) is 0 Å².